The number of sulfonamides is 1. The number of benzene rings is 2. The van der Waals surface area contributed by atoms with Crippen LogP contribution in [0.25, 0.3) is 0 Å². The van der Waals surface area contributed by atoms with Crippen molar-refractivity contribution in [2.45, 2.75) is 4.90 Å². The number of hydrogen-bond acceptors (Lipinski definition) is 4. The van der Waals surface area contributed by atoms with Crippen molar-refractivity contribution in [3.8, 4) is 11.5 Å². The zero-order chi connectivity index (χ0) is 17.7. The Hall–Kier alpha value is -2.54. The SMILES string of the molecule is C=CCN(c1cc(OC)ccc1OC)S(=O)(=O)c1ccc(F)cc1. The van der Waals surface area contributed by atoms with Crippen LogP contribution in [-0.4, -0.2) is 29.2 Å². The van der Waals surface area contributed by atoms with Crippen LogP contribution in [0.2, 0.25) is 0 Å². The first-order valence-corrected chi connectivity index (χ1v) is 8.49. The molecule has 0 aliphatic rings. The lowest BCUT2D eigenvalue weighted by Crippen LogP contribution is -2.31. The summed E-state index contributed by atoms with van der Waals surface area (Å²) >= 11 is 0. The van der Waals surface area contributed by atoms with Gasteiger partial charge in [0.1, 0.15) is 17.3 Å². The molecule has 128 valence electrons. The summed E-state index contributed by atoms with van der Waals surface area (Å²) < 4.78 is 50.6. The van der Waals surface area contributed by atoms with E-state index in [0.29, 0.717) is 17.2 Å². The first-order chi connectivity index (χ1) is 11.4. The van der Waals surface area contributed by atoms with E-state index in [-0.39, 0.29) is 11.4 Å². The monoisotopic (exact) mass is 351 g/mol. The van der Waals surface area contributed by atoms with E-state index in [0.717, 1.165) is 16.4 Å². The van der Waals surface area contributed by atoms with Crippen LogP contribution in [0.15, 0.2) is 60.0 Å². The number of methoxy groups -OCH3 is 2. The molecule has 0 saturated carbocycles. The Morgan fingerprint density at radius 2 is 1.79 bits per heavy atom. The number of hydrogen-bond donors (Lipinski definition) is 0. The fraction of sp³-hybridized carbons (Fsp3) is 0.176. The molecule has 0 atom stereocenters. The smallest absolute Gasteiger partial charge is 0.264 e. The third-order valence-corrected chi connectivity index (χ3v) is 5.15. The highest BCUT2D eigenvalue weighted by molar-refractivity contribution is 7.92. The van der Waals surface area contributed by atoms with Crippen LogP contribution in [0.4, 0.5) is 10.1 Å². The first kappa shape index (κ1) is 17.8. The van der Waals surface area contributed by atoms with E-state index in [1.807, 2.05) is 0 Å². The van der Waals surface area contributed by atoms with Crippen molar-refractivity contribution < 1.29 is 22.3 Å². The van der Waals surface area contributed by atoms with Gasteiger partial charge in [0, 0.05) is 6.07 Å². The summed E-state index contributed by atoms with van der Waals surface area (Å²) in [5.74, 6) is 0.334. The van der Waals surface area contributed by atoms with Gasteiger partial charge in [-0.2, -0.15) is 0 Å². The maximum absolute atomic E-state index is 13.1. The molecule has 5 nitrogen and oxygen atoms in total. The van der Waals surface area contributed by atoms with Gasteiger partial charge in [0.2, 0.25) is 0 Å². The molecule has 0 bridgehead atoms. The van der Waals surface area contributed by atoms with Crippen LogP contribution in [0, 0.1) is 5.82 Å². The van der Waals surface area contributed by atoms with Gasteiger partial charge in [-0.05, 0) is 36.4 Å². The highest BCUT2D eigenvalue weighted by Crippen LogP contribution is 2.35. The molecule has 0 spiro atoms. The molecule has 0 radical (unpaired) electrons. The number of ether oxygens (including phenoxy) is 2. The molecule has 0 unspecified atom stereocenters. The molecule has 0 N–H and O–H groups in total. The fourth-order valence-corrected chi connectivity index (χ4v) is 3.61. The molecule has 0 heterocycles. The van der Waals surface area contributed by atoms with Gasteiger partial charge in [-0.25, -0.2) is 12.8 Å². The van der Waals surface area contributed by atoms with E-state index in [9.17, 15) is 12.8 Å². The van der Waals surface area contributed by atoms with Crippen molar-refractivity contribution in [2.75, 3.05) is 25.1 Å². The van der Waals surface area contributed by atoms with Crippen molar-refractivity contribution in [2.24, 2.45) is 0 Å². The van der Waals surface area contributed by atoms with Gasteiger partial charge in [-0.1, -0.05) is 6.08 Å². The minimum absolute atomic E-state index is 0.0171. The summed E-state index contributed by atoms with van der Waals surface area (Å²) in [6.07, 6.45) is 1.46. The fourth-order valence-electron chi connectivity index (χ4n) is 2.17. The molecule has 2 aromatic rings. The minimum atomic E-state index is -3.93. The van der Waals surface area contributed by atoms with E-state index in [2.05, 4.69) is 6.58 Å². The Bertz CT molecular complexity index is 819. The predicted molar refractivity (Wildman–Crippen MR) is 90.7 cm³/mol. The number of anilines is 1. The Labute approximate surface area is 141 Å². The summed E-state index contributed by atoms with van der Waals surface area (Å²) in [5, 5.41) is 0. The molecule has 7 heteroatoms. The zero-order valence-electron chi connectivity index (χ0n) is 13.4. The molecular weight excluding hydrogens is 333 g/mol. The van der Waals surface area contributed by atoms with E-state index in [1.54, 1.807) is 18.2 Å². The van der Waals surface area contributed by atoms with Crippen molar-refractivity contribution >= 4 is 15.7 Å². The van der Waals surface area contributed by atoms with Crippen molar-refractivity contribution in [1.29, 1.82) is 0 Å². The second kappa shape index (κ2) is 7.35. The number of rotatable bonds is 7. The predicted octanol–water partition coefficient (Wildman–Crippen LogP) is 3.22. The van der Waals surface area contributed by atoms with E-state index in [4.69, 9.17) is 9.47 Å². The average molecular weight is 351 g/mol. The topological polar surface area (TPSA) is 55.8 Å². The van der Waals surface area contributed by atoms with Gasteiger partial charge in [0.15, 0.2) is 0 Å². The molecule has 0 fully saturated rings. The van der Waals surface area contributed by atoms with Crippen LogP contribution < -0.4 is 13.8 Å². The highest BCUT2D eigenvalue weighted by atomic mass is 32.2. The van der Waals surface area contributed by atoms with E-state index in [1.165, 1.54) is 32.4 Å². The van der Waals surface area contributed by atoms with Crippen LogP contribution in [-0.2, 0) is 10.0 Å². The van der Waals surface area contributed by atoms with E-state index < -0.39 is 15.8 Å². The van der Waals surface area contributed by atoms with Gasteiger partial charge in [0.25, 0.3) is 10.0 Å². The maximum atomic E-state index is 13.1. The second-order valence-corrected chi connectivity index (χ2v) is 6.68. The Morgan fingerprint density at radius 1 is 1.12 bits per heavy atom. The van der Waals surface area contributed by atoms with Gasteiger partial charge in [-0.15, -0.1) is 6.58 Å². The number of halogens is 1. The van der Waals surface area contributed by atoms with Crippen LogP contribution in [0.5, 0.6) is 11.5 Å². The van der Waals surface area contributed by atoms with Crippen molar-refractivity contribution in [3.63, 3.8) is 0 Å². The molecule has 0 aliphatic heterocycles. The molecular formula is C17H18FNO4S. The van der Waals surface area contributed by atoms with Crippen LogP contribution in [0.3, 0.4) is 0 Å². The summed E-state index contributed by atoms with van der Waals surface area (Å²) in [7, 11) is -1.00. The molecule has 24 heavy (non-hydrogen) atoms. The van der Waals surface area contributed by atoms with Gasteiger partial charge in [-0.3, -0.25) is 4.31 Å². The van der Waals surface area contributed by atoms with Crippen LogP contribution >= 0.6 is 0 Å². The van der Waals surface area contributed by atoms with Gasteiger partial charge in [0.05, 0.1) is 31.3 Å². The lowest BCUT2D eigenvalue weighted by molar-refractivity contribution is 0.404. The molecule has 0 aromatic heterocycles. The normalized spacial score (nSPS) is 11.0. The van der Waals surface area contributed by atoms with Crippen molar-refractivity contribution in [1.82, 2.24) is 0 Å². The lowest BCUT2D eigenvalue weighted by atomic mass is 10.2. The third kappa shape index (κ3) is 3.51. The molecule has 2 rings (SSSR count). The Morgan fingerprint density at radius 3 is 2.33 bits per heavy atom. The number of nitrogens with zero attached hydrogens (tertiary/aromatic N) is 1. The van der Waals surface area contributed by atoms with Gasteiger partial charge >= 0.3 is 0 Å². The molecule has 0 amide bonds. The third-order valence-electron chi connectivity index (χ3n) is 3.35. The molecule has 0 saturated heterocycles. The molecule has 0 aliphatic carbocycles. The van der Waals surface area contributed by atoms with E-state index >= 15 is 0 Å². The minimum Gasteiger partial charge on any atom is -0.497 e. The summed E-state index contributed by atoms with van der Waals surface area (Å²) in [5.41, 5.74) is 0.307. The first-order valence-electron chi connectivity index (χ1n) is 7.05. The van der Waals surface area contributed by atoms with Crippen molar-refractivity contribution in [3.05, 3.63) is 60.9 Å². The van der Waals surface area contributed by atoms with Crippen LogP contribution in [0.1, 0.15) is 0 Å². The second-order valence-electron chi connectivity index (χ2n) is 4.82. The Balaban J connectivity index is 2.61. The summed E-state index contributed by atoms with van der Waals surface area (Å²) in [6.45, 7) is 3.62. The summed E-state index contributed by atoms with van der Waals surface area (Å²) in [6, 6.07) is 9.47. The Kier molecular flexibility index (Phi) is 5.46. The average Bonchev–Trinajstić information content (AvgIpc) is 2.59. The van der Waals surface area contributed by atoms with Gasteiger partial charge < -0.3 is 9.47 Å². The zero-order valence-corrected chi connectivity index (χ0v) is 14.2. The standard InChI is InChI=1S/C17H18FNO4S/c1-4-11-19(16-12-14(22-2)7-10-17(16)23-3)24(20,21)15-8-5-13(18)6-9-15/h4-10,12H,1,11H2,2-3H3. The lowest BCUT2D eigenvalue weighted by Gasteiger charge is -2.25. The summed E-state index contributed by atoms with van der Waals surface area (Å²) in [4.78, 5) is -0.0318. The largest absolute Gasteiger partial charge is 0.497 e. The molecule has 2 aromatic carbocycles. The maximum Gasteiger partial charge on any atom is 0.264 e. The quantitative estimate of drug-likeness (QED) is 0.719. The highest BCUT2D eigenvalue weighted by Gasteiger charge is 2.27.